The Kier molecular flexibility index (Phi) is 8.55. The molecule has 13 heteroatoms. The minimum Gasteiger partial charge on any atom is -0.494 e. The number of fused-ring (bicyclic) bond motifs is 7. The van der Waals surface area contributed by atoms with Crippen molar-refractivity contribution in [2.45, 2.75) is 51.4 Å². The molecule has 38 heavy (non-hydrogen) atoms. The summed E-state index contributed by atoms with van der Waals surface area (Å²) in [5.74, 6) is 0.476. The second-order valence-electron chi connectivity index (χ2n) is 8.91. The number of pyridine rings is 1. The fraction of sp³-hybridized carbons (Fsp3) is 0.520. The van der Waals surface area contributed by atoms with Gasteiger partial charge in [-0.3, -0.25) is 4.98 Å². The van der Waals surface area contributed by atoms with E-state index in [-0.39, 0.29) is 38.7 Å². The summed E-state index contributed by atoms with van der Waals surface area (Å²) >= 11 is 0. The van der Waals surface area contributed by atoms with Crippen molar-refractivity contribution in [1.29, 1.82) is 0 Å². The molecule has 4 heterocycles. The Morgan fingerprint density at radius 3 is 2.79 bits per heavy atom. The molecule has 2 atom stereocenters. The van der Waals surface area contributed by atoms with Crippen LogP contribution in [0.2, 0.25) is 0 Å². The average molecular weight is 537 g/mol. The Balaban J connectivity index is 1.72. The van der Waals surface area contributed by atoms with Crippen molar-refractivity contribution in [3.05, 3.63) is 36.3 Å². The van der Waals surface area contributed by atoms with Crippen molar-refractivity contribution < 1.29 is 32.2 Å². The molecule has 10 nitrogen and oxygen atoms in total. The maximum absolute atomic E-state index is 13.2. The van der Waals surface area contributed by atoms with E-state index in [9.17, 15) is 18.0 Å². The summed E-state index contributed by atoms with van der Waals surface area (Å²) in [6.07, 6.45) is -2.18. The van der Waals surface area contributed by atoms with Crippen LogP contribution in [0.3, 0.4) is 0 Å². The molecule has 1 N–H and O–H groups in total. The molecule has 2 amide bonds. The van der Waals surface area contributed by atoms with Gasteiger partial charge >= 0.3 is 18.2 Å². The number of rotatable bonds is 4. The Morgan fingerprint density at radius 2 is 2.05 bits per heavy atom. The Bertz CT molecular complexity index is 1250. The molecule has 0 spiro atoms. The zero-order valence-corrected chi connectivity index (χ0v) is 21.5. The highest BCUT2D eigenvalue weighted by Crippen LogP contribution is 2.33. The van der Waals surface area contributed by atoms with Crippen LogP contribution < -0.4 is 14.8 Å². The van der Waals surface area contributed by atoms with E-state index >= 15 is 0 Å². The number of amides is 2. The molecule has 206 valence electrons. The normalized spacial score (nSPS) is 19.5. The quantitative estimate of drug-likeness (QED) is 0.527. The number of urea groups is 1. The third-order valence-corrected chi connectivity index (χ3v) is 6.41. The summed E-state index contributed by atoms with van der Waals surface area (Å²) < 4.78 is 57.4. The fourth-order valence-electron chi connectivity index (χ4n) is 4.34. The average Bonchev–Trinajstić information content (AvgIpc) is 3.37. The van der Waals surface area contributed by atoms with E-state index < -0.39 is 30.7 Å². The first-order chi connectivity index (χ1) is 18.2. The lowest BCUT2D eigenvalue weighted by molar-refractivity contribution is -0.136. The fourth-order valence-corrected chi connectivity index (χ4v) is 4.34. The van der Waals surface area contributed by atoms with E-state index in [1.807, 2.05) is 19.1 Å². The molecule has 1 aliphatic rings. The standard InChI is InChI=1S/C25H31F3N6O4/c1-4-33-16(2)20-14-19(22(36-3)15-29-20)21-13-18-6-9-30-34(18)24(32-21)38-12-11-37-10-7-17(31-23(33)35)5-8-25(26,27)28/h6,9,13-17H,4-5,7-8,10-12H2,1-3H3,(H,31,35)/t16-,17+/m1/s1. The van der Waals surface area contributed by atoms with Gasteiger partial charge in [0, 0.05) is 31.2 Å². The van der Waals surface area contributed by atoms with Crippen LogP contribution in [0, 0.1) is 0 Å². The van der Waals surface area contributed by atoms with Crippen LogP contribution >= 0.6 is 0 Å². The number of halogens is 3. The predicted molar refractivity (Wildman–Crippen MR) is 132 cm³/mol. The zero-order valence-electron chi connectivity index (χ0n) is 21.5. The third kappa shape index (κ3) is 6.44. The van der Waals surface area contributed by atoms with Gasteiger partial charge in [0.15, 0.2) is 0 Å². The number of ether oxygens (including phenoxy) is 3. The Hall–Kier alpha value is -3.61. The topological polar surface area (TPSA) is 103 Å². The van der Waals surface area contributed by atoms with Crippen LogP contribution in [0.4, 0.5) is 18.0 Å². The van der Waals surface area contributed by atoms with Gasteiger partial charge in [-0.1, -0.05) is 0 Å². The molecule has 0 radical (unpaired) electrons. The van der Waals surface area contributed by atoms with Crippen molar-refractivity contribution in [3.8, 4) is 23.0 Å². The molecule has 3 aromatic heterocycles. The summed E-state index contributed by atoms with van der Waals surface area (Å²) in [7, 11) is 1.53. The van der Waals surface area contributed by atoms with Gasteiger partial charge in [-0.25, -0.2) is 4.79 Å². The van der Waals surface area contributed by atoms with Crippen molar-refractivity contribution in [2.75, 3.05) is 33.5 Å². The van der Waals surface area contributed by atoms with Crippen molar-refractivity contribution in [2.24, 2.45) is 0 Å². The first-order valence-electron chi connectivity index (χ1n) is 12.4. The lowest BCUT2D eigenvalue weighted by Gasteiger charge is -2.30. The summed E-state index contributed by atoms with van der Waals surface area (Å²) in [4.78, 5) is 23.9. The molecule has 3 aromatic rings. The molecule has 0 saturated heterocycles. The van der Waals surface area contributed by atoms with E-state index in [1.54, 1.807) is 29.9 Å². The summed E-state index contributed by atoms with van der Waals surface area (Å²) in [5, 5.41) is 7.04. The van der Waals surface area contributed by atoms with Crippen LogP contribution in [0.1, 0.15) is 44.8 Å². The van der Waals surface area contributed by atoms with Gasteiger partial charge in [0.25, 0.3) is 0 Å². The molecule has 1 aliphatic heterocycles. The SMILES string of the molecule is CCN1C(=O)N[C@@H](CCC(F)(F)F)CCOCCOc2nc(cc3ccnn23)-c2cc(ncc2OC)[C@H]1C. The molecule has 0 aromatic carbocycles. The summed E-state index contributed by atoms with van der Waals surface area (Å²) in [5.41, 5.74) is 2.51. The Labute approximate surface area is 218 Å². The monoisotopic (exact) mass is 536 g/mol. The molecule has 0 aliphatic carbocycles. The molecule has 4 bridgehead atoms. The van der Waals surface area contributed by atoms with Crippen molar-refractivity contribution in [3.63, 3.8) is 0 Å². The Morgan fingerprint density at radius 1 is 1.24 bits per heavy atom. The van der Waals surface area contributed by atoms with E-state index in [1.165, 1.54) is 12.0 Å². The van der Waals surface area contributed by atoms with Crippen LogP contribution in [0.15, 0.2) is 30.6 Å². The number of hydrogen-bond donors (Lipinski definition) is 1. The smallest absolute Gasteiger partial charge is 0.389 e. The number of nitrogens with one attached hydrogen (secondary N) is 1. The van der Waals surface area contributed by atoms with Gasteiger partial charge in [0.2, 0.25) is 0 Å². The largest absolute Gasteiger partial charge is 0.494 e. The van der Waals surface area contributed by atoms with Crippen LogP contribution in [-0.2, 0) is 4.74 Å². The minimum atomic E-state index is -4.33. The van der Waals surface area contributed by atoms with Gasteiger partial charge in [0.1, 0.15) is 12.4 Å². The van der Waals surface area contributed by atoms with E-state index in [0.29, 0.717) is 29.2 Å². The van der Waals surface area contributed by atoms with E-state index in [2.05, 4.69) is 20.4 Å². The van der Waals surface area contributed by atoms with Gasteiger partial charge < -0.3 is 24.4 Å². The zero-order chi connectivity index (χ0) is 27.3. The van der Waals surface area contributed by atoms with Gasteiger partial charge in [-0.05, 0) is 44.9 Å². The highest BCUT2D eigenvalue weighted by Gasteiger charge is 2.30. The number of nitrogens with zero attached hydrogens (tertiary/aromatic N) is 5. The first-order valence-corrected chi connectivity index (χ1v) is 12.4. The minimum absolute atomic E-state index is 0.143. The number of alkyl halides is 3. The highest BCUT2D eigenvalue weighted by molar-refractivity contribution is 5.75. The van der Waals surface area contributed by atoms with Crippen LogP contribution in [0.25, 0.3) is 16.8 Å². The van der Waals surface area contributed by atoms with Gasteiger partial charge in [-0.15, -0.1) is 0 Å². The molecular formula is C25H31F3N6O4. The lowest BCUT2D eigenvalue weighted by atomic mass is 10.1. The van der Waals surface area contributed by atoms with Crippen LogP contribution in [0.5, 0.6) is 11.8 Å². The lowest BCUT2D eigenvalue weighted by Crippen LogP contribution is -2.46. The van der Waals surface area contributed by atoms with Crippen molar-refractivity contribution >= 4 is 11.5 Å². The van der Waals surface area contributed by atoms with E-state index in [4.69, 9.17) is 14.2 Å². The highest BCUT2D eigenvalue weighted by atomic mass is 19.4. The third-order valence-electron chi connectivity index (χ3n) is 6.41. The first kappa shape index (κ1) is 27.4. The maximum Gasteiger partial charge on any atom is 0.389 e. The molecular weight excluding hydrogens is 505 g/mol. The van der Waals surface area contributed by atoms with Gasteiger partial charge in [0.05, 0.1) is 49.1 Å². The molecule has 0 fully saturated rings. The molecule has 0 saturated carbocycles. The van der Waals surface area contributed by atoms with Crippen LogP contribution in [-0.4, -0.2) is 76.2 Å². The number of hydrogen-bond acceptors (Lipinski definition) is 7. The second-order valence-corrected chi connectivity index (χ2v) is 8.91. The van der Waals surface area contributed by atoms with E-state index in [0.717, 1.165) is 5.52 Å². The number of methoxy groups -OCH3 is 1. The molecule has 0 unspecified atom stereocenters. The maximum atomic E-state index is 13.2. The number of carbonyl (C=O) groups excluding carboxylic acids is 1. The molecule has 4 rings (SSSR count). The second kappa shape index (κ2) is 11.8. The van der Waals surface area contributed by atoms with Gasteiger partial charge in [-0.2, -0.15) is 27.8 Å². The number of carbonyl (C=O) groups is 1. The number of aromatic nitrogens is 4. The van der Waals surface area contributed by atoms with Crippen molar-refractivity contribution in [1.82, 2.24) is 29.8 Å². The summed E-state index contributed by atoms with van der Waals surface area (Å²) in [6.45, 7) is 4.40. The summed E-state index contributed by atoms with van der Waals surface area (Å²) in [6, 6.07) is 4.01. The predicted octanol–water partition coefficient (Wildman–Crippen LogP) is 4.40.